The van der Waals surface area contributed by atoms with E-state index in [-0.39, 0.29) is 5.91 Å². The van der Waals surface area contributed by atoms with Gasteiger partial charge in [-0.2, -0.15) is 17.0 Å². The first-order chi connectivity index (χ1) is 11.2. The van der Waals surface area contributed by atoms with Crippen LogP contribution < -0.4 is 10.1 Å². The van der Waals surface area contributed by atoms with Crippen LogP contribution in [-0.2, 0) is 5.75 Å². The summed E-state index contributed by atoms with van der Waals surface area (Å²) >= 11 is 1.69. The number of nitriles is 1. The third-order valence-electron chi connectivity index (χ3n) is 3.26. The molecule has 2 rings (SSSR count). The molecule has 0 saturated carbocycles. The molecule has 0 aromatic heterocycles. The molecule has 0 aliphatic rings. The van der Waals surface area contributed by atoms with Crippen LogP contribution in [0.3, 0.4) is 0 Å². The van der Waals surface area contributed by atoms with Crippen LogP contribution >= 0.6 is 11.8 Å². The number of amides is 1. The van der Waals surface area contributed by atoms with Crippen molar-refractivity contribution >= 4 is 17.7 Å². The molecule has 0 radical (unpaired) electrons. The Bertz CT molecular complexity index is 710. The van der Waals surface area contributed by atoms with Crippen LogP contribution in [0.4, 0.5) is 0 Å². The van der Waals surface area contributed by atoms with E-state index >= 15 is 0 Å². The Morgan fingerprint density at radius 2 is 2.09 bits per heavy atom. The number of ether oxygens (including phenoxy) is 1. The van der Waals surface area contributed by atoms with Gasteiger partial charge in [-0.3, -0.25) is 4.79 Å². The highest BCUT2D eigenvalue weighted by Gasteiger charge is 2.06. The molecule has 0 heterocycles. The lowest BCUT2D eigenvalue weighted by Crippen LogP contribution is -2.25. The van der Waals surface area contributed by atoms with Crippen molar-refractivity contribution in [1.82, 2.24) is 5.32 Å². The number of hydrogen-bond acceptors (Lipinski definition) is 4. The molecule has 1 amide bonds. The lowest BCUT2D eigenvalue weighted by molar-refractivity contribution is 0.0956. The SMILES string of the molecule is COc1cccc(C(=O)NCCSCc2ccccc2C#N)c1. The van der Waals surface area contributed by atoms with Gasteiger partial charge in [0.25, 0.3) is 5.91 Å². The topological polar surface area (TPSA) is 62.1 Å². The molecule has 0 atom stereocenters. The molecule has 0 aliphatic carbocycles. The summed E-state index contributed by atoms with van der Waals surface area (Å²) in [4.78, 5) is 12.0. The first-order valence-electron chi connectivity index (χ1n) is 7.22. The van der Waals surface area contributed by atoms with Crippen LogP contribution in [0.25, 0.3) is 0 Å². The number of carbonyl (C=O) groups excluding carboxylic acids is 1. The fourth-order valence-corrected chi connectivity index (χ4v) is 2.90. The Balaban J connectivity index is 1.75. The maximum absolute atomic E-state index is 12.0. The van der Waals surface area contributed by atoms with E-state index in [0.717, 1.165) is 17.1 Å². The van der Waals surface area contributed by atoms with Gasteiger partial charge in [-0.15, -0.1) is 0 Å². The fourth-order valence-electron chi connectivity index (χ4n) is 2.04. The average molecular weight is 326 g/mol. The zero-order valence-electron chi connectivity index (χ0n) is 12.9. The molecule has 118 valence electrons. The Labute approximate surface area is 140 Å². The third kappa shape index (κ3) is 5.04. The fraction of sp³-hybridized carbons (Fsp3) is 0.222. The Morgan fingerprint density at radius 1 is 1.26 bits per heavy atom. The highest BCUT2D eigenvalue weighted by atomic mass is 32.2. The number of benzene rings is 2. The van der Waals surface area contributed by atoms with Gasteiger partial charge in [0.2, 0.25) is 0 Å². The van der Waals surface area contributed by atoms with Gasteiger partial charge in [-0.25, -0.2) is 0 Å². The van der Waals surface area contributed by atoms with Gasteiger partial charge in [0.15, 0.2) is 0 Å². The lowest BCUT2D eigenvalue weighted by Gasteiger charge is -2.07. The molecule has 5 heteroatoms. The molecule has 4 nitrogen and oxygen atoms in total. The van der Waals surface area contributed by atoms with E-state index in [2.05, 4.69) is 11.4 Å². The van der Waals surface area contributed by atoms with Crippen molar-refractivity contribution in [3.05, 3.63) is 65.2 Å². The Hall–Kier alpha value is -2.45. The molecule has 23 heavy (non-hydrogen) atoms. The van der Waals surface area contributed by atoms with Crippen LogP contribution in [0.2, 0.25) is 0 Å². The Kier molecular flexibility index (Phi) is 6.52. The van der Waals surface area contributed by atoms with Gasteiger partial charge in [0.05, 0.1) is 18.7 Å². The average Bonchev–Trinajstić information content (AvgIpc) is 2.61. The molecular formula is C18H18N2O2S. The zero-order chi connectivity index (χ0) is 16.5. The summed E-state index contributed by atoms with van der Waals surface area (Å²) in [5.74, 6) is 2.11. The van der Waals surface area contributed by atoms with Gasteiger partial charge in [-0.05, 0) is 29.8 Å². The summed E-state index contributed by atoms with van der Waals surface area (Å²) < 4.78 is 5.11. The minimum Gasteiger partial charge on any atom is -0.497 e. The van der Waals surface area contributed by atoms with Crippen LogP contribution in [0, 0.1) is 11.3 Å². The predicted molar refractivity (Wildman–Crippen MR) is 92.6 cm³/mol. The van der Waals surface area contributed by atoms with E-state index in [1.165, 1.54) is 0 Å². The minimum atomic E-state index is -0.109. The van der Waals surface area contributed by atoms with Crippen molar-refractivity contribution < 1.29 is 9.53 Å². The second-order valence-corrected chi connectivity index (χ2v) is 5.91. The number of hydrogen-bond donors (Lipinski definition) is 1. The molecule has 0 fully saturated rings. The van der Waals surface area contributed by atoms with Gasteiger partial charge in [-0.1, -0.05) is 24.3 Å². The number of nitrogens with zero attached hydrogens (tertiary/aromatic N) is 1. The highest BCUT2D eigenvalue weighted by Crippen LogP contribution is 2.16. The van der Waals surface area contributed by atoms with E-state index in [9.17, 15) is 4.79 Å². The van der Waals surface area contributed by atoms with Crippen molar-refractivity contribution in [2.24, 2.45) is 0 Å². The van der Waals surface area contributed by atoms with E-state index in [4.69, 9.17) is 10.00 Å². The molecule has 2 aromatic carbocycles. The van der Waals surface area contributed by atoms with Crippen molar-refractivity contribution in [2.45, 2.75) is 5.75 Å². The lowest BCUT2D eigenvalue weighted by atomic mass is 10.1. The molecule has 2 aromatic rings. The number of carbonyl (C=O) groups is 1. The van der Waals surface area contributed by atoms with Crippen LogP contribution in [0.15, 0.2) is 48.5 Å². The van der Waals surface area contributed by atoms with Crippen molar-refractivity contribution in [1.29, 1.82) is 5.26 Å². The number of methoxy groups -OCH3 is 1. The van der Waals surface area contributed by atoms with Gasteiger partial charge in [0.1, 0.15) is 5.75 Å². The predicted octanol–water partition coefficient (Wildman–Crippen LogP) is 3.23. The molecular weight excluding hydrogens is 308 g/mol. The van der Waals surface area contributed by atoms with Gasteiger partial charge in [0, 0.05) is 23.6 Å². The summed E-state index contributed by atoms with van der Waals surface area (Å²) in [6.07, 6.45) is 0. The molecule has 0 unspecified atom stereocenters. The number of rotatable bonds is 7. The smallest absolute Gasteiger partial charge is 0.251 e. The van der Waals surface area contributed by atoms with E-state index in [0.29, 0.717) is 23.4 Å². The van der Waals surface area contributed by atoms with Crippen molar-refractivity contribution in [2.75, 3.05) is 19.4 Å². The van der Waals surface area contributed by atoms with Crippen molar-refractivity contribution in [3.63, 3.8) is 0 Å². The molecule has 0 aliphatic heterocycles. The van der Waals surface area contributed by atoms with Crippen LogP contribution in [-0.4, -0.2) is 25.3 Å². The second kappa shape index (κ2) is 8.86. The normalized spacial score (nSPS) is 9.91. The molecule has 0 spiro atoms. The maximum atomic E-state index is 12.0. The quantitative estimate of drug-likeness (QED) is 0.794. The summed E-state index contributed by atoms with van der Waals surface area (Å²) in [7, 11) is 1.58. The Morgan fingerprint density at radius 3 is 2.87 bits per heavy atom. The number of thioether (sulfide) groups is 1. The second-order valence-electron chi connectivity index (χ2n) is 4.81. The first-order valence-corrected chi connectivity index (χ1v) is 8.38. The summed E-state index contributed by atoms with van der Waals surface area (Å²) in [6, 6.07) is 16.8. The van der Waals surface area contributed by atoms with E-state index in [1.54, 1.807) is 43.1 Å². The van der Waals surface area contributed by atoms with Gasteiger partial charge < -0.3 is 10.1 Å². The van der Waals surface area contributed by atoms with E-state index in [1.807, 2.05) is 24.3 Å². The largest absolute Gasteiger partial charge is 0.497 e. The minimum absolute atomic E-state index is 0.109. The van der Waals surface area contributed by atoms with Crippen LogP contribution in [0.5, 0.6) is 5.75 Å². The van der Waals surface area contributed by atoms with E-state index < -0.39 is 0 Å². The molecule has 0 bridgehead atoms. The summed E-state index contributed by atoms with van der Waals surface area (Å²) in [6.45, 7) is 0.579. The summed E-state index contributed by atoms with van der Waals surface area (Å²) in [5, 5.41) is 11.9. The zero-order valence-corrected chi connectivity index (χ0v) is 13.7. The molecule has 0 saturated heterocycles. The standard InChI is InChI=1S/C18H18N2O2S/c1-22-17-8-4-7-14(11-17)18(21)20-9-10-23-13-16-6-3-2-5-15(16)12-19/h2-8,11H,9-10,13H2,1H3,(H,20,21). The first kappa shape index (κ1) is 16.9. The maximum Gasteiger partial charge on any atom is 0.251 e. The van der Waals surface area contributed by atoms with Crippen molar-refractivity contribution in [3.8, 4) is 11.8 Å². The van der Waals surface area contributed by atoms with Crippen LogP contribution in [0.1, 0.15) is 21.5 Å². The summed E-state index contributed by atoms with van der Waals surface area (Å²) in [5.41, 5.74) is 2.32. The third-order valence-corrected chi connectivity index (χ3v) is 4.27. The monoisotopic (exact) mass is 326 g/mol. The van der Waals surface area contributed by atoms with Gasteiger partial charge >= 0.3 is 0 Å². The number of nitrogens with one attached hydrogen (secondary N) is 1. The highest BCUT2D eigenvalue weighted by molar-refractivity contribution is 7.98. The molecule has 1 N–H and O–H groups in total.